The minimum atomic E-state index is -4.21. The maximum absolute atomic E-state index is 13.6. The van der Waals surface area contributed by atoms with Crippen molar-refractivity contribution in [3.8, 4) is 0 Å². The van der Waals surface area contributed by atoms with Crippen LogP contribution in [0.2, 0.25) is 5.02 Å². The van der Waals surface area contributed by atoms with E-state index in [2.05, 4.69) is 4.40 Å². The number of nitrogens with two attached hydrogens (primary N) is 1. The second-order valence-electron chi connectivity index (χ2n) is 4.45. The molecule has 0 bridgehead atoms. The van der Waals surface area contributed by atoms with E-state index in [0.29, 0.717) is 11.1 Å². The average molecular weight is 378 g/mol. The van der Waals surface area contributed by atoms with E-state index in [9.17, 15) is 17.2 Å². The van der Waals surface area contributed by atoms with Gasteiger partial charge in [-0.15, -0.1) is 11.8 Å². The molecular formula is C14H12ClF2N2O2S2+. The van der Waals surface area contributed by atoms with Crippen molar-refractivity contribution in [1.82, 2.24) is 0 Å². The molecule has 0 aliphatic carbocycles. The molecule has 0 unspecified atom stereocenters. The van der Waals surface area contributed by atoms with Crippen LogP contribution in [0.5, 0.6) is 0 Å². The van der Waals surface area contributed by atoms with E-state index in [0.717, 1.165) is 17.0 Å². The van der Waals surface area contributed by atoms with Crippen molar-refractivity contribution in [1.29, 1.82) is 0 Å². The maximum atomic E-state index is 13.6. The Bertz CT molecular complexity index is 840. The number of hydrogen-bond donors (Lipinski definition) is 2. The van der Waals surface area contributed by atoms with Crippen molar-refractivity contribution in [3.05, 3.63) is 59.1 Å². The van der Waals surface area contributed by atoms with Crippen molar-refractivity contribution in [2.45, 2.75) is 9.79 Å². The quantitative estimate of drug-likeness (QED) is 0.471. The van der Waals surface area contributed by atoms with Crippen LogP contribution >= 0.6 is 23.4 Å². The lowest BCUT2D eigenvalue weighted by molar-refractivity contribution is -0.269. The second-order valence-corrected chi connectivity index (χ2v) is 7.58. The SMILES string of the molecule is NC(CSc1ccc(Cl)cc1)=[NH+]S(=O)(=O)c1ccc(F)cc1F. The predicted molar refractivity (Wildman–Crippen MR) is 85.9 cm³/mol. The van der Waals surface area contributed by atoms with Crippen molar-refractivity contribution in [2.75, 3.05) is 5.75 Å². The summed E-state index contributed by atoms with van der Waals surface area (Å²) in [5.41, 5.74) is 5.64. The predicted octanol–water partition coefficient (Wildman–Crippen LogP) is 1.54. The normalized spacial score (nSPS) is 12.4. The molecule has 9 heteroatoms. The molecule has 3 N–H and O–H groups in total. The first-order valence-electron chi connectivity index (χ1n) is 6.25. The molecule has 0 aliphatic rings. The van der Waals surface area contributed by atoms with Gasteiger partial charge in [-0.05, 0) is 36.4 Å². The van der Waals surface area contributed by atoms with E-state index in [1.807, 2.05) is 0 Å². The molecule has 0 aliphatic heterocycles. The smallest absolute Gasteiger partial charge is 0.289 e. The van der Waals surface area contributed by atoms with Crippen LogP contribution in [0.1, 0.15) is 0 Å². The van der Waals surface area contributed by atoms with Crippen LogP contribution in [0.25, 0.3) is 0 Å². The van der Waals surface area contributed by atoms with E-state index in [-0.39, 0.29) is 11.6 Å². The summed E-state index contributed by atoms with van der Waals surface area (Å²) < 4.78 is 52.5. The van der Waals surface area contributed by atoms with Crippen LogP contribution in [0, 0.1) is 11.6 Å². The van der Waals surface area contributed by atoms with Gasteiger partial charge < -0.3 is 0 Å². The summed E-state index contributed by atoms with van der Waals surface area (Å²) in [7, 11) is -4.21. The number of thioether (sulfide) groups is 1. The van der Waals surface area contributed by atoms with Gasteiger partial charge in [0.2, 0.25) is 0 Å². The van der Waals surface area contributed by atoms with Crippen molar-refractivity contribution >= 4 is 39.2 Å². The Balaban J connectivity index is 2.13. The minimum absolute atomic E-state index is 0.0753. The lowest BCUT2D eigenvalue weighted by Gasteiger charge is -2.01. The molecule has 2 rings (SSSR count). The third-order valence-corrected chi connectivity index (χ3v) is 5.41. The number of halogens is 3. The molecule has 2 aromatic rings. The van der Waals surface area contributed by atoms with Crippen LogP contribution in [-0.4, -0.2) is 20.0 Å². The summed E-state index contributed by atoms with van der Waals surface area (Å²) in [6.45, 7) is 0. The van der Waals surface area contributed by atoms with Gasteiger partial charge in [-0.3, -0.25) is 5.73 Å². The maximum Gasteiger partial charge on any atom is 0.331 e. The first kappa shape index (κ1) is 17.7. The molecule has 0 saturated heterocycles. The van der Waals surface area contributed by atoms with E-state index >= 15 is 0 Å². The molecule has 4 nitrogen and oxygen atoms in total. The summed E-state index contributed by atoms with van der Waals surface area (Å²) in [6, 6.07) is 9.09. The third-order valence-electron chi connectivity index (χ3n) is 2.66. The van der Waals surface area contributed by atoms with Gasteiger partial charge in [0.05, 0.1) is 5.75 Å². The number of sulfonamides is 1. The fourth-order valence-electron chi connectivity index (χ4n) is 1.64. The fourth-order valence-corrected chi connectivity index (χ4v) is 3.67. The Morgan fingerprint density at radius 1 is 1.17 bits per heavy atom. The number of rotatable bonds is 5. The Morgan fingerprint density at radius 2 is 1.83 bits per heavy atom. The standard InChI is InChI=1S/C14H11ClF2N2O2S2/c15-9-1-4-11(5-2-9)22-8-14(18)19-23(20,21)13-6-3-10(16)7-12(13)17/h1-7H,8H2,(H2,18,19)/p+1. The van der Waals surface area contributed by atoms with Crippen LogP contribution < -0.4 is 10.1 Å². The molecule has 0 atom stereocenters. The molecule has 0 saturated carbocycles. The van der Waals surface area contributed by atoms with Gasteiger partial charge in [0.25, 0.3) is 5.84 Å². The van der Waals surface area contributed by atoms with Gasteiger partial charge in [-0.25, -0.2) is 8.78 Å². The highest BCUT2D eigenvalue weighted by Crippen LogP contribution is 2.19. The summed E-state index contributed by atoms with van der Waals surface area (Å²) in [4.78, 5) is 0.169. The zero-order valence-electron chi connectivity index (χ0n) is 11.6. The van der Waals surface area contributed by atoms with Crippen molar-refractivity contribution < 1.29 is 21.6 Å². The van der Waals surface area contributed by atoms with Crippen LogP contribution in [0.3, 0.4) is 0 Å². The Kier molecular flexibility index (Phi) is 5.61. The van der Waals surface area contributed by atoms with Gasteiger partial charge >= 0.3 is 10.0 Å². The highest BCUT2D eigenvalue weighted by Gasteiger charge is 2.21. The van der Waals surface area contributed by atoms with Gasteiger partial charge in [0.1, 0.15) is 16.5 Å². The first-order valence-corrected chi connectivity index (χ1v) is 9.10. The summed E-state index contributed by atoms with van der Waals surface area (Å²) in [5.74, 6) is -1.98. The fraction of sp³-hybridized carbons (Fsp3) is 0.0714. The Labute approximate surface area is 141 Å². The lowest BCUT2D eigenvalue weighted by atomic mass is 10.3. The number of benzene rings is 2. The minimum Gasteiger partial charge on any atom is -0.289 e. The second kappa shape index (κ2) is 7.29. The molecule has 23 heavy (non-hydrogen) atoms. The van der Waals surface area contributed by atoms with Gasteiger partial charge in [0, 0.05) is 16.0 Å². The topological polar surface area (TPSA) is 74.1 Å². The van der Waals surface area contributed by atoms with Crippen LogP contribution in [0.15, 0.2) is 52.3 Å². The van der Waals surface area contributed by atoms with Crippen molar-refractivity contribution in [3.63, 3.8) is 0 Å². The third kappa shape index (κ3) is 4.92. The molecule has 0 aromatic heterocycles. The molecular weight excluding hydrogens is 366 g/mol. The molecule has 0 spiro atoms. The van der Waals surface area contributed by atoms with E-state index in [4.69, 9.17) is 17.3 Å². The zero-order chi connectivity index (χ0) is 17.0. The zero-order valence-corrected chi connectivity index (χ0v) is 14.0. The van der Waals surface area contributed by atoms with Crippen LogP contribution in [-0.2, 0) is 10.0 Å². The first-order chi connectivity index (χ1) is 10.8. The summed E-state index contributed by atoms with van der Waals surface area (Å²) >= 11 is 7.04. The summed E-state index contributed by atoms with van der Waals surface area (Å²) in [5, 5.41) is 0.582. The van der Waals surface area contributed by atoms with Gasteiger partial charge in [0.15, 0.2) is 0 Å². The molecule has 0 radical (unpaired) electrons. The molecule has 0 amide bonds. The molecule has 0 fully saturated rings. The Morgan fingerprint density at radius 3 is 2.43 bits per heavy atom. The van der Waals surface area contributed by atoms with Gasteiger partial charge in [-0.2, -0.15) is 12.8 Å². The number of nitrogens with one attached hydrogen (secondary N) is 1. The molecule has 2 aromatic carbocycles. The van der Waals surface area contributed by atoms with Gasteiger partial charge in [-0.1, -0.05) is 11.6 Å². The largest absolute Gasteiger partial charge is 0.331 e. The number of hydrogen-bond acceptors (Lipinski definition) is 3. The lowest BCUT2D eigenvalue weighted by Crippen LogP contribution is -2.79. The highest BCUT2D eigenvalue weighted by atomic mass is 35.5. The van der Waals surface area contributed by atoms with E-state index in [1.165, 1.54) is 11.8 Å². The monoisotopic (exact) mass is 377 g/mol. The molecule has 0 heterocycles. The molecule has 122 valence electrons. The van der Waals surface area contributed by atoms with E-state index in [1.54, 1.807) is 24.3 Å². The van der Waals surface area contributed by atoms with Crippen LogP contribution in [0.4, 0.5) is 8.78 Å². The Hall–Kier alpha value is -1.64. The van der Waals surface area contributed by atoms with E-state index < -0.39 is 26.6 Å². The summed E-state index contributed by atoms with van der Waals surface area (Å²) in [6.07, 6.45) is 0. The van der Waals surface area contributed by atoms with Crippen molar-refractivity contribution in [2.24, 2.45) is 5.73 Å². The average Bonchev–Trinajstić information content (AvgIpc) is 2.45. The highest BCUT2D eigenvalue weighted by molar-refractivity contribution is 8.00. The number of amidine groups is 1.